The van der Waals surface area contributed by atoms with Crippen LogP contribution in [0.3, 0.4) is 0 Å². The highest BCUT2D eigenvalue weighted by atomic mass is 14.2. The van der Waals surface area contributed by atoms with Crippen LogP contribution in [-0.2, 0) is 0 Å². The number of hydrogen-bond acceptors (Lipinski definition) is 0. The van der Waals surface area contributed by atoms with Crippen LogP contribution in [-0.4, -0.2) is 0 Å². The van der Waals surface area contributed by atoms with Gasteiger partial charge < -0.3 is 0 Å². The summed E-state index contributed by atoms with van der Waals surface area (Å²) >= 11 is 0. The predicted octanol–water partition coefficient (Wildman–Crippen LogP) is 4.57. The van der Waals surface area contributed by atoms with Gasteiger partial charge in [-0.2, -0.15) is 0 Å². The van der Waals surface area contributed by atoms with E-state index in [9.17, 15) is 0 Å². The Kier molecular flexibility index (Phi) is 3.51. The Labute approximate surface area is 87.7 Å². The molecule has 0 amide bonds. The second kappa shape index (κ2) is 4.45. The first-order valence-corrected chi connectivity index (χ1v) is 5.28. The van der Waals surface area contributed by atoms with Crippen LogP contribution in [0.5, 0.6) is 0 Å². The molecule has 0 unspecified atom stereocenters. The number of allylic oxidation sites excluding steroid dienone is 7. The van der Waals surface area contributed by atoms with Gasteiger partial charge in [0.2, 0.25) is 0 Å². The summed E-state index contributed by atoms with van der Waals surface area (Å²) in [4.78, 5) is 0. The van der Waals surface area contributed by atoms with Crippen LogP contribution in [0, 0.1) is 0 Å². The Morgan fingerprint density at radius 3 is 2.50 bits per heavy atom. The quantitative estimate of drug-likeness (QED) is 0.595. The second-order valence-electron chi connectivity index (χ2n) is 4.24. The van der Waals surface area contributed by atoms with Crippen molar-refractivity contribution < 1.29 is 0 Å². The maximum absolute atomic E-state index is 4.07. The van der Waals surface area contributed by atoms with E-state index in [1.807, 2.05) is 0 Å². The molecule has 0 spiro atoms. The van der Waals surface area contributed by atoms with Crippen LogP contribution in [0.1, 0.15) is 40.5 Å². The van der Waals surface area contributed by atoms with Crippen LogP contribution >= 0.6 is 0 Å². The zero-order valence-electron chi connectivity index (χ0n) is 9.78. The first-order valence-electron chi connectivity index (χ1n) is 5.28. The van der Waals surface area contributed by atoms with Crippen molar-refractivity contribution in [3.63, 3.8) is 0 Å². The molecule has 1 aliphatic carbocycles. The van der Waals surface area contributed by atoms with Gasteiger partial charge in [0, 0.05) is 0 Å². The number of hydrogen-bond donors (Lipinski definition) is 0. The number of rotatable bonds is 2. The average Bonchev–Trinajstić information content (AvgIpc) is 2.40. The van der Waals surface area contributed by atoms with Gasteiger partial charge in [0.15, 0.2) is 0 Å². The molecular weight excluding hydrogens is 168 g/mol. The minimum Gasteiger partial charge on any atom is -0.0915 e. The first-order chi connectivity index (χ1) is 6.54. The highest BCUT2D eigenvalue weighted by molar-refractivity contribution is 5.50. The standard InChI is InChI=1S/C14H20/c1-6-13(10(2)3)9-14-8-11(4)7-12(14)5/h7,9H,5-6,8H2,1-4H3/b14-9-. The molecule has 0 saturated heterocycles. The Bertz CT molecular complexity index is 331. The summed E-state index contributed by atoms with van der Waals surface area (Å²) in [6.45, 7) is 12.8. The third-order valence-electron chi connectivity index (χ3n) is 2.67. The van der Waals surface area contributed by atoms with E-state index in [0.29, 0.717) is 0 Å². The van der Waals surface area contributed by atoms with Crippen molar-refractivity contribution in [2.45, 2.75) is 40.5 Å². The lowest BCUT2D eigenvalue weighted by Gasteiger charge is -2.04. The summed E-state index contributed by atoms with van der Waals surface area (Å²) < 4.78 is 0. The molecule has 0 N–H and O–H groups in total. The van der Waals surface area contributed by atoms with Crippen LogP contribution in [0.4, 0.5) is 0 Å². The third kappa shape index (κ3) is 2.47. The molecule has 0 radical (unpaired) electrons. The van der Waals surface area contributed by atoms with Crippen LogP contribution in [0.2, 0.25) is 0 Å². The van der Waals surface area contributed by atoms with Crippen molar-refractivity contribution in [3.8, 4) is 0 Å². The van der Waals surface area contributed by atoms with E-state index in [-0.39, 0.29) is 0 Å². The molecule has 0 saturated carbocycles. The van der Waals surface area contributed by atoms with Gasteiger partial charge in [-0.1, -0.05) is 36.8 Å². The molecule has 0 atom stereocenters. The predicted molar refractivity (Wildman–Crippen MR) is 64.3 cm³/mol. The van der Waals surface area contributed by atoms with Crippen LogP contribution < -0.4 is 0 Å². The Morgan fingerprint density at radius 1 is 1.50 bits per heavy atom. The van der Waals surface area contributed by atoms with Gasteiger partial charge in [-0.25, -0.2) is 0 Å². The molecule has 1 aliphatic rings. The monoisotopic (exact) mass is 188 g/mol. The molecule has 1 rings (SSSR count). The SMILES string of the molecule is C=C1C=C(C)C/C1=C/C(CC)=C(C)C. The first kappa shape index (κ1) is 11.0. The maximum Gasteiger partial charge on any atom is -0.00607 e. The van der Waals surface area contributed by atoms with Crippen molar-refractivity contribution in [3.05, 3.63) is 46.6 Å². The topological polar surface area (TPSA) is 0 Å². The van der Waals surface area contributed by atoms with Gasteiger partial charge >= 0.3 is 0 Å². The van der Waals surface area contributed by atoms with E-state index in [0.717, 1.165) is 12.8 Å². The van der Waals surface area contributed by atoms with Gasteiger partial charge in [0.05, 0.1) is 0 Å². The van der Waals surface area contributed by atoms with E-state index in [2.05, 4.69) is 46.4 Å². The molecule has 0 heteroatoms. The average molecular weight is 188 g/mol. The summed E-state index contributed by atoms with van der Waals surface area (Å²) in [6, 6.07) is 0. The van der Waals surface area contributed by atoms with Gasteiger partial charge in [-0.05, 0) is 50.3 Å². The molecular formula is C14H20. The lowest BCUT2D eigenvalue weighted by Crippen LogP contribution is -1.85. The Balaban J connectivity index is 2.91. The summed E-state index contributed by atoms with van der Waals surface area (Å²) in [5.74, 6) is 0. The zero-order valence-corrected chi connectivity index (χ0v) is 9.78. The minimum atomic E-state index is 1.08. The van der Waals surface area contributed by atoms with E-state index in [4.69, 9.17) is 0 Å². The zero-order chi connectivity index (χ0) is 10.7. The summed E-state index contributed by atoms with van der Waals surface area (Å²) in [6.07, 6.45) is 6.68. The van der Waals surface area contributed by atoms with E-state index >= 15 is 0 Å². The molecule has 14 heavy (non-hydrogen) atoms. The van der Waals surface area contributed by atoms with Crippen LogP contribution in [0.15, 0.2) is 46.6 Å². The van der Waals surface area contributed by atoms with E-state index < -0.39 is 0 Å². The lowest BCUT2D eigenvalue weighted by molar-refractivity contribution is 1.08. The van der Waals surface area contributed by atoms with Gasteiger partial charge in [0.1, 0.15) is 0 Å². The molecule has 0 aromatic heterocycles. The smallest absolute Gasteiger partial charge is 0.00607 e. The molecule has 0 fully saturated rings. The van der Waals surface area contributed by atoms with Gasteiger partial charge in [-0.3, -0.25) is 0 Å². The largest absolute Gasteiger partial charge is 0.0915 e. The van der Waals surface area contributed by atoms with Crippen molar-refractivity contribution in [2.24, 2.45) is 0 Å². The van der Waals surface area contributed by atoms with Crippen molar-refractivity contribution in [2.75, 3.05) is 0 Å². The highest BCUT2D eigenvalue weighted by Crippen LogP contribution is 2.29. The second-order valence-corrected chi connectivity index (χ2v) is 4.24. The van der Waals surface area contributed by atoms with Crippen LogP contribution in [0.25, 0.3) is 0 Å². The fourth-order valence-corrected chi connectivity index (χ4v) is 1.81. The fourth-order valence-electron chi connectivity index (χ4n) is 1.81. The molecule has 76 valence electrons. The van der Waals surface area contributed by atoms with Gasteiger partial charge in [-0.15, -0.1) is 0 Å². The van der Waals surface area contributed by atoms with E-state index in [1.165, 1.54) is 27.9 Å². The van der Waals surface area contributed by atoms with E-state index in [1.54, 1.807) is 0 Å². The fraction of sp³-hybridized carbons (Fsp3) is 0.429. The van der Waals surface area contributed by atoms with Crippen molar-refractivity contribution >= 4 is 0 Å². The highest BCUT2D eigenvalue weighted by Gasteiger charge is 2.10. The lowest BCUT2D eigenvalue weighted by atomic mass is 10.0. The normalized spacial score (nSPS) is 18.7. The summed E-state index contributed by atoms with van der Waals surface area (Å²) in [7, 11) is 0. The van der Waals surface area contributed by atoms with Crippen molar-refractivity contribution in [1.29, 1.82) is 0 Å². The molecule has 0 nitrogen and oxygen atoms in total. The molecule has 0 aliphatic heterocycles. The van der Waals surface area contributed by atoms with Gasteiger partial charge in [0.25, 0.3) is 0 Å². The Morgan fingerprint density at radius 2 is 2.14 bits per heavy atom. The molecule has 0 heterocycles. The summed E-state index contributed by atoms with van der Waals surface area (Å²) in [5.41, 5.74) is 6.86. The minimum absolute atomic E-state index is 1.08. The maximum atomic E-state index is 4.07. The molecule has 0 aromatic carbocycles. The summed E-state index contributed by atoms with van der Waals surface area (Å²) in [5, 5.41) is 0. The Hall–Kier alpha value is -1.04. The molecule has 0 aromatic rings. The molecule has 0 bridgehead atoms. The van der Waals surface area contributed by atoms with Crippen molar-refractivity contribution in [1.82, 2.24) is 0 Å². The third-order valence-corrected chi connectivity index (χ3v) is 2.67.